The molecule has 0 aliphatic heterocycles. The average molecular weight is 452 g/mol. The topological polar surface area (TPSA) is 109 Å². The number of halogens is 1. The van der Waals surface area contributed by atoms with Crippen molar-refractivity contribution in [2.24, 2.45) is 0 Å². The molecule has 0 amide bonds. The zero-order valence-electron chi connectivity index (χ0n) is 15.6. The zero-order valence-corrected chi connectivity index (χ0v) is 18.0. The van der Waals surface area contributed by atoms with Crippen LogP contribution < -0.4 is 5.32 Å². The molecule has 2 N–H and O–H groups in total. The second-order valence-electron chi connectivity index (χ2n) is 6.22. The molecule has 3 rings (SSSR count). The molecule has 0 aliphatic carbocycles. The number of hydrogen-bond donors (Lipinski definition) is 2. The summed E-state index contributed by atoms with van der Waals surface area (Å²) < 4.78 is 24.7. The Morgan fingerprint density at radius 3 is 2.41 bits per heavy atom. The number of aryl methyl sites for hydroxylation is 1. The van der Waals surface area contributed by atoms with Gasteiger partial charge in [-0.2, -0.15) is 0 Å². The second kappa shape index (κ2) is 8.48. The van der Waals surface area contributed by atoms with Gasteiger partial charge in [-0.05, 0) is 49.7 Å². The Balaban J connectivity index is 1.93. The van der Waals surface area contributed by atoms with E-state index >= 15 is 0 Å². The third kappa shape index (κ3) is 4.92. The minimum absolute atomic E-state index is 0.0473. The van der Waals surface area contributed by atoms with Crippen molar-refractivity contribution >= 4 is 50.2 Å². The van der Waals surface area contributed by atoms with Crippen LogP contribution in [0.2, 0.25) is 4.34 Å². The van der Waals surface area contributed by atoms with Crippen molar-refractivity contribution in [3.63, 3.8) is 0 Å². The van der Waals surface area contributed by atoms with Gasteiger partial charge >= 0.3 is 5.97 Å². The Hall–Kier alpha value is -2.49. The SMILES string of the molecule is CCc1c(C)nc(-c2ccc(Cl)s2)nc1Nc1ccc(S(=O)(=O)CC(=O)O)cc1. The molecule has 1 aromatic carbocycles. The highest BCUT2D eigenvalue weighted by atomic mass is 35.5. The summed E-state index contributed by atoms with van der Waals surface area (Å²) >= 11 is 7.41. The van der Waals surface area contributed by atoms with Crippen LogP contribution in [0.4, 0.5) is 11.5 Å². The number of thiophene rings is 1. The predicted octanol–water partition coefficient (Wildman–Crippen LogP) is 4.33. The Labute approximate surface area is 177 Å². The minimum atomic E-state index is -3.87. The van der Waals surface area contributed by atoms with E-state index in [-0.39, 0.29) is 4.90 Å². The van der Waals surface area contributed by atoms with Crippen molar-refractivity contribution < 1.29 is 18.3 Å². The summed E-state index contributed by atoms with van der Waals surface area (Å²) in [5, 5.41) is 12.0. The van der Waals surface area contributed by atoms with Crippen molar-refractivity contribution in [3.05, 3.63) is 52.0 Å². The predicted molar refractivity (Wildman–Crippen MR) is 114 cm³/mol. The maximum atomic E-state index is 12.0. The lowest BCUT2D eigenvalue weighted by Gasteiger charge is -2.14. The normalized spacial score (nSPS) is 11.4. The molecule has 0 radical (unpaired) electrons. The van der Waals surface area contributed by atoms with Gasteiger partial charge in [-0.1, -0.05) is 18.5 Å². The van der Waals surface area contributed by atoms with Gasteiger partial charge in [0.1, 0.15) is 5.82 Å². The van der Waals surface area contributed by atoms with Gasteiger partial charge in [0.25, 0.3) is 0 Å². The van der Waals surface area contributed by atoms with Gasteiger partial charge in [0.05, 0.1) is 14.1 Å². The van der Waals surface area contributed by atoms with Gasteiger partial charge in [-0.3, -0.25) is 4.79 Å². The number of benzene rings is 1. The second-order valence-corrected chi connectivity index (χ2v) is 9.92. The molecule has 0 saturated heterocycles. The van der Waals surface area contributed by atoms with Crippen LogP contribution in [-0.4, -0.2) is 35.2 Å². The molecule has 3 aromatic rings. The number of anilines is 2. The highest BCUT2D eigenvalue weighted by Crippen LogP contribution is 2.31. The Bertz CT molecular complexity index is 1160. The van der Waals surface area contributed by atoms with Gasteiger partial charge in [0, 0.05) is 16.9 Å². The van der Waals surface area contributed by atoms with E-state index in [1.807, 2.05) is 19.9 Å². The van der Waals surface area contributed by atoms with Crippen LogP contribution in [-0.2, 0) is 21.1 Å². The van der Waals surface area contributed by atoms with Crippen LogP contribution in [0.25, 0.3) is 10.7 Å². The van der Waals surface area contributed by atoms with Crippen LogP contribution in [0.1, 0.15) is 18.2 Å². The van der Waals surface area contributed by atoms with Gasteiger partial charge in [0.2, 0.25) is 0 Å². The van der Waals surface area contributed by atoms with E-state index in [9.17, 15) is 13.2 Å². The fourth-order valence-corrected chi connectivity index (χ4v) is 4.82. The third-order valence-electron chi connectivity index (χ3n) is 4.15. The van der Waals surface area contributed by atoms with Gasteiger partial charge in [-0.15, -0.1) is 11.3 Å². The maximum Gasteiger partial charge on any atom is 0.319 e. The highest BCUT2D eigenvalue weighted by Gasteiger charge is 2.19. The van der Waals surface area contributed by atoms with Gasteiger partial charge in [0.15, 0.2) is 21.4 Å². The molecule has 152 valence electrons. The molecule has 0 atom stereocenters. The number of nitrogens with one attached hydrogen (secondary N) is 1. The number of nitrogens with zero attached hydrogens (tertiary/aromatic N) is 2. The standard InChI is InChI=1S/C19H18ClN3O4S2/c1-3-14-11(2)21-19(15-8-9-16(20)28-15)23-18(14)22-12-4-6-13(7-5-12)29(26,27)10-17(24)25/h4-9H,3,10H2,1-2H3,(H,24,25)(H,21,22,23). The van der Waals surface area contributed by atoms with Crippen LogP contribution in [0.15, 0.2) is 41.3 Å². The van der Waals surface area contributed by atoms with Gasteiger partial charge < -0.3 is 10.4 Å². The van der Waals surface area contributed by atoms with Crippen molar-refractivity contribution in [1.29, 1.82) is 0 Å². The molecule has 0 bridgehead atoms. The summed E-state index contributed by atoms with van der Waals surface area (Å²) in [6.45, 7) is 3.91. The van der Waals surface area contributed by atoms with E-state index in [4.69, 9.17) is 16.7 Å². The first-order valence-corrected chi connectivity index (χ1v) is 11.5. The molecule has 0 fully saturated rings. The summed E-state index contributed by atoms with van der Waals surface area (Å²) in [6, 6.07) is 9.55. The summed E-state index contributed by atoms with van der Waals surface area (Å²) in [6.07, 6.45) is 0.713. The molecular weight excluding hydrogens is 434 g/mol. The fraction of sp³-hybridized carbons (Fsp3) is 0.211. The van der Waals surface area contributed by atoms with E-state index in [1.165, 1.54) is 23.5 Å². The summed E-state index contributed by atoms with van der Waals surface area (Å²) in [5.74, 6) is -1.16. The fourth-order valence-electron chi connectivity index (χ4n) is 2.80. The summed E-state index contributed by atoms with van der Waals surface area (Å²) in [7, 11) is -3.87. The van der Waals surface area contributed by atoms with Crippen molar-refractivity contribution in [2.75, 3.05) is 11.1 Å². The first-order valence-electron chi connectivity index (χ1n) is 8.64. The van der Waals surface area contributed by atoms with E-state index in [1.54, 1.807) is 18.2 Å². The lowest BCUT2D eigenvalue weighted by atomic mass is 10.1. The van der Waals surface area contributed by atoms with Crippen LogP contribution >= 0.6 is 22.9 Å². The van der Waals surface area contributed by atoms with E-state index in [0.29, 0.717) is 28.1 Å². The number of aliphatic carboxylic acids is 1. The number of carbonyl (C=O) groups is 1. The Morgan fingerprint density at radius 2 is 1.86 bits per heavy atom. The number of carboxylic acids is 1. The monoisotopic (exact) mass is 451 g/mol. The smallest absolute Gasteiger partial charge is 0.319 e. The first kappa shape index (κ1) is 21.2. The van der Waals surface area contributed by atoms with Crippen LogP contribution in [0.3, 0.4) is 0 Å². The molecule has 0 aliphatic rings. The Morgan fingerprint density at radius 1 is 1.17 bits per heavy atom. The van der Waals surface area contributed by atoms with Gasteiger partial charge in [-0.25, -0.2) is 18.4 Å². The molecule has 7 nitrogen and oxygen atoms in total. The lowest BCUT2D eigenvalue weighted by Crippen LogP contribution is -2.15. The van der Waals surface area contributed by atoms with E-state index in [2.05, 4.69) is 15.3 Å². The number of carboxylic acid groups (broad SMARTS) is 1. The van der Waals surface area contributed by atoms with E-state index < -0.39 is 21.6 Å². The van der Waals surface area contributed by atoms with Crippen LogP contribution in [0, 0.1) is 6.92 Å². The molecule has 29 heavy (non-hydrogen) atoms. The van der Waals surface area contributed by atoms with Crippen molar-refractivity contribution in [3.8, 4) is 10.7 Å². The number of sulfone groups is 1. The maximum absolute atomic E-state index is 12.0. The van der Waals surface area contributed by atoms with Crippen LogP contribution in [0.5, 0.6) is 0 Å². The Kier molecular flexibility index (Phi) is 6.21. The minimum Gasteiger partial charge on any atom is -0.480 e. The molecule has 0 saturated carbocycles. The molecular formula is C19H18ClN3O4S2. The third-order valence-corrected chi connectivity index (χ3v) is 7.00. The number of hydrogen-bond acceptors (Lipinski definition) is 7. The molecule has 10 heteroatoms. The van der Waals surface area contributed by atoms with E-state index in [0.717, 1.165) is 16.1 Å². The molecule has 0 spiro atoms. The van der Waals surface area contributed by atoms with Crippen molar-refractivity contribution in [1.82, 2.24) is 9.97 Å². The average Bonchev–Trinajstić information content (AvgIpc) is 3.07. The number of aromatic nitrogens is 2. The lowest BCUT2D eigenvalue weighted by molar-refractivity contribution is -0.134. The summed E-state index contributed by atoms with van der Waals surface area (Å²) in [5.41, 5.74) is 2.41. The first-order chi connectivity index (χ1) is 13.7. The molecule has 0 unspecified atom stereocenters. The summed E-state index contributed by atoms with van der Waals surface area (Å²) in [4.78, 5) is 20.7. The highest BCUT2D eigenvalue weighted by molar-refractivity contribution is 7.92. The molecule has 2 heterocycles. The van der Waals surface area contributed by atoms with Crippen molar-refractivity contribution in [2.45, 2.75) is 25.2 Å². The quantitative estimate of drug-likeness (QED) is 0.550. The molecule has 2 aromatic heterocycles. The number of rotatable bonds is 7. The largest absolute Gasteiger partial charge is 0.480 e. The zero-order chi connectivity index (χ0) is 21.2.